The van der Waals surface area contributed by atoms with Gasteiger partial charge >= 0.3 is 0 Å². The average Bonchev–Trinajstić information content (AvgIpc) is 2.85. The average molecular weight is 527 g/mol. The van der Waals surface area contributed by atoms with Crippen LogP contribution in [0, 0.1) is 0 Å². The first-order chi connectivity index (χ1) is 17.4. The van der Waals surface area contributed by atoms with E-state index in [4.69, 9.17) is 27.9 Å². The standard InChI is InChI=1S/C25H24Cl2N6O3/c1-15(34)28-8-10-32-9-7-16-11-18(6-5-17(16)13-32)30-25-29-12-19-23(31-25)36-14-33(24(19)35)22-20(26)3-2-4-21(22)27/h2-6,11-12H,7-10,13-14H2,1H3,(H,28,34)(H,29,30,31). The molecule has 0 radical (unpaired) electrons. The van der Waals surface area contributed by atoms with E-state index < -0.39 is 0 Å². The van der Waals surface area contributed by atoms with E-state index in [1.165, 1.54) is 29.1 Å². The Hall–Kier alpha value is -3.40. The highest BCUT2D eigenvalue weighted by atomic mass is 35.5. The fourth-order valence-electron chi connectivity index (χ4n) is 4.33. The number of hydrogen-bond acceptors (Lipinski definition) is 7. The summed E-state index contributed by atoms with van der Waals surface area (Å²) in [6.45, 7) is 4.69. The van der Waals surface area contributed by atoms with E-state index in [-0.39, 0.29) is 30.0 Å². The Labute approximate surface area is 218 Å². The Balaban J connectivity index is 1.27. The summed E-state index contributed by atoms with van der Waals surface area (Å²) in [5.41, 5.74) is 3.99. The zero-order valence-corrected chi connectivity index (χ0v) is 21.1. The van der Waals surface area contributed by atoms with Gasteiger partial charge in [0.15, 0.2) is 6.73 Å². The maximum Gasteiger partial charge on any atom is 0.268 e. The highest BCUT2D eigenvalue weighted by molar-refractivity contribution is 6.40. The molecule has 0 saturated carbocycles. The normalized spacial score (nSPS) is 15.1. The smallest absolute Gasteiger partial charge is 0.268 e. The summed E-state index contributed by atoms with van der Waals surface area (Å²) in [6, 6.07) is 11.2. The van der Waals surface area contributed by atoms with Crippen LogP contribution >= 0.6 is 23.2 Å². The van der Waals surface area contributed by atoms with Crippen molar-refractivity contribution in [3.63, 3.8) is 0 Å². The molecule has 5 rings (SSSR count). The Bertz CT molecular complexity index is 1310. The van der Waals surface area contributed by atoms with Gasteiger partial charge in [-0.3, -0.25) is 19.4 Å². The zero-order valence-electron chi connectivity index (χ0n) is 19.6. The molecule has 0 atom stereocenters. The van der Waals surface area contributed by atoms with Crippen LogP contribution in [0.25, 0.3) is 0 Å². The maximum absolute atomic E-state index is 13.1. The summed E-state index contributed by atoms with van der Waals surface area (Å²) in [5.74, 6) is 0.183. The summed E-state index contributed by atoms with van der Waals surface area (Å²) in [7, 11) is 0. The quantitative estimate of drug-likeness (QED) is 0.500. The largest absolute Gasteiger partial charge is 0.455 e. The number of ether oxygens (including phenoxy) is 1. The number of carbonyl (C=O) groups is 2. The van der Waals surface area contributed by atoms with E-state index >= 15 is 0 Å². The number of nitrogens with zero attached hydrogens (tertiary/aromatic N) is 4. The molecule has 9 nitrogen and oxygen atoms in total. The second-order valence-electron chi connectivity index (χ2n) is 8.61. The number of halogens is 2. The topological polar surface area (TPSA) is 99.7 Å². The number of aromatic nitrogens is 2. The van der Waals surface area contributed by atoms with E-state index in [9.17, 15) is 9.59 Å². The van der Waals surface area contributed by atoms with Crippen LogP contribution in [0.15, 0.2) is 42.6 Å². The van der Waals surface area contributed by atoms with E-state index in [0.717, 1.165) is 31.7 Å². The van der Waals surface area contributed by atoms with Crippen molar-refractivity contribution < 1.29 is 14.3 Å². The van der Waals surface area contributed by atoms with Crippen molar-refractivity contribution in [1.29, 1.82) is 0 Å². The molecular weight excluding hydrogens is 503 g/mol. The number of fused-ring (bicyclic) bond motifs is 2. The molecule has 2 aromatic carbocycles. The second-order valence-corrected chi connectivity index (χ2v) is 9.42. The van der Waals surface area contributed by atoms with E-state index in [1.54, 1.807) is 18.2 Å². The third-order valence-electron chi connectivity index (χ3n) is 6.12. The van der Waals surface area contributed by atoms with Gasteiger partial charge in [-0.05, 0) is 41.8 Å². The molecule has 36 heavy (non-hydrogen) atoms. The lowest BCUT2D eigenvalue weighted by molar-refractivity contribution is -0.119. The van der Waals surface area contributed by atoms with Crippen LogP contribution in [0.3, 0.4) is 0 Å². The van der Waals surface area contributed by atoms with Crippen LogP contribution in [-0.4, -0.2) is 53.0 Å². The molecule has 1 aromatic heterocycles. The van der Waals surface area contributed by atoms with Crippen molar-refractivity contribution in [2.24, 2.45) is 0 Å². The van der Waals surface area contributed by atoms with E-state index in [1.807, 2.05) is 6.07 Å². The van der Waals surface area contributed by atoms with Crippen LogP contribution in [0.4, 0.5) is 17.3 Å². The minimum Gasteiger partial charge on any atom is -0.455 e. The summed E-state index contributed by atoms with van der Waals surface area (Å²) >= 11 is 12.5. The van der Waals surface area contributed by atoms with Crippen molar-refractivity contribution in [2.75, 3.05) is 36.6 Å². The van der Waals surface area contributed by atoms with E-state index in [0.29, 0.717) is 28.2 Å². The molecule has 11 heteroatoms. The molecule has 3 heterocycles. The Morgan fingerprint density at radius 2 is 1.97 bits per heavy atom. The third-order valence-corrected chi connectivity index (χ3v) is 6.73. The molecule has 2 amide bonds. The molecule has 186 valence electrons. The molecule has 0 spiro atoms. The Kier molecular flexibility index (Phi) is 6.95. The Morgan fingerprint density at radius 1 is 1.17 bits per heavy atom. The van der Waals surface area contributed by atoms with Crippen LogP contribution in [0.5, 0.6) is 5.88 Å². The summed E-state index contributed by atoms with van der Waals surface area (Å²) in [4.78, 5) is 36.6. The van der Waals surface area contributed by atoms with Crippen molar-refractivity contribution in [3.8, 4) is 5.88 Å². The lowest BCUT2D eigenvalue weighted by Crippen LogP contribution is -2.39. The van der Waals surface area contributed by atoms with Crippen molar-refractivity contribution in [2.45, 2.75) is 19.9 Å². The molecule has 0 fully saturated rings. The van der Waals surface area contributed by atoms with Crippen LogP contribution in [0.2, 0.25) is 10.0 Å². The van der Waals surface area contributed by atoms with Gasteiger partial charge in [0, 0.05) is 45.0 Å². The minimum atomic E-state index is -0.338. The fraction of sp³-hybridized carbons (Fsp3) is 0.280. The van der Waals surface area contributed by atoms with Crippen molar-refractivity contribution in [3.05, 3.63) is 69.3 Å². The highest BCUT2D eigenvalue weighted by Crippen LogP contribution is 2.37. The van der Waals surface area contributed by atoms with Gasteiger partial charge in [0.1, 0.15) is 5.56 Å². The number of amides is 2. The number of nitrogens with one attached hydrogen (secondary N) is 2. The van der Waals surface area contributed by atoms with Crippen LogP contribution in [0.1, 0.15) is 28.4 Å². The lowest BCUT2D eigenvalue weighted by Gasteiger charge is -2.29. The summed E-state index contributed by atoms with van der Waals surface area (Å²) in [6.07, 6.45) is 2.35. The molecule has 0 unspecified atom stereocenters. The number of carbonyl (C=O) groups excluding carboxylic acids is 2. The summed E-state index contributed by atoms with van der Waals surface area (Å²) < 4.78 is 5.76. The van der Waals surface area contributed by atoms with Gasteiger partial charge in [0.2, 0.25) is 17.7 Å². The van der Waals surface area contributed by atoms with Gasteiger partial charge in [-0.15, -0.1) is 0 Å². The van der Waals surface area contributed by atoms with E-state index in [2.05, 4.69) is 37.6 Å². The monoisotopic (exact) mass is 526 g/mol. The number of hydrogen-bond donors (Lipinski definition) is 2. The van der Waals surface area contributed by atoms with Gasteiger partial charge in [-0.25, -0.2) is 4.98 Å². The predicted octanol–water partition coefficient (Wildman–Crippen LogP) is 4.02. The highest BCUT2D eigenvalue weighted by Gasteiger charge is 2.31. The maximum atomic E-state index is 13.1. The molecule has 0 aliphatic carbocycles. The van der Waals surface area contributed by atoms with Crippen molar-refractivity contribution >= 4 is 52.3 Å². The third kappa shape index (κ3) is 5.09. The molecule has 3 aromatic rings. The number of benzene rings is 2. The fourth-order valence-corrected chi connectivity index (χ4v) is 4.93. The van der Waals surface area contributed by atoms with Crippen molar-refractivity contribution in [1.82, 2.24) is 20.2 Å². The predicted molar refractivity (Wildman–Crippen MR) is 138 cm³/mol. The molecule has 0 saturated heterocycles. The van der Waals surface area contributed by atoms with Crippen LogP contribution in [-0.2, 0) is 17.8 Å². The molecule has 0 bridgehead atoms. The first-order valence-corrected chi connectivity index (χ1v) is 12.3. The van der Waals surface area contributed by atoms with Gasteiger partial charge < -0.3 is 15.4 Å². The summed E-state index contributed by atoms with van der Waals surface area (Å²) in [5, 5.41) is 6.75. The van der Waals surface area contributed by atoms with Gasteiger partial charge in [0.05, 0.1) is 15.7 Å². The minimum absolute atomic E-state index is 0.00963. The molecule has 2 N–H and O–H groups in total. The zero-order chi connectivity index (χ0) is 25.2. The molecular formula is C25H24Cl2N6O3. The first kappa shape index (κ1) is 24.3. The van der Waals surface area contributed by atoms with Crippen LogP contribution < -0.4 is 20.3 Å². The number of anilines is 3. The Morgan fingerprint density at radius 3 is 2.75 bits per heavy atom. The molecule has 2 aliphatic rings. The van der Waals surface area contributed by atoms with Gasteiger partial charge in [0.25, 0.3) is 5.91 Å². The number of para-hydroxylation sites is 1. The second kappa shape index (κ2) is 10.3. The van der Waals surface area contributed by atoms with Gasteiger partial charge in [-0.2, -0.15) is 4.98 Å². The number of rotatable bonds is 6. The lowest BCUT2D eigenvalue weighted by atomic mass is 9.99. The molecule has 2 aliphatic heterocycles. The SMILES string of the molecule is CC(=O)NCCN1CCc2cc(Nc3ncc4c(n3)OCN(c3c(Cl)cccc3Cl)C4=O)ccc2C1. The first-order valence-electron chi connectivity index (χ1n) is 11.5. The van der Waals surface area contributed by atoms with Gasteiger partial charge in [-0.1, -0.05) is 35.3 Å².